The topological polar surface area (TPSA) is 84.5 Å². The summed E-state index contributed by atoms with van der Waals surface area (Å²) in [5, 5.41) is 6.31. The van der Waals surface area contributed by atoms with Gasteiger partial charge in [0.15, 0.2) is 0 Å². The van der Waals surface area contributed by atoms with Crippen LogP contribution in [0.4, 0.5) is 5.69 Å². The highest BCUT2D eigenvalue weighted by Gasteiger charge is 2.67. The Labute approximate surface area is 232 Å². The second-order valence-electron chi connectivity index (χ2n) is 7.85. The highest BCUT2D eigenvalue weighted by molar-refractivity contribution is 7.98. The number of alkyl halides is 2. The molecule has 2 aromatic carbocycles. The Hall–Kier alpha value is -1.35. The number of hydrogen-bond donors (Lipinski definition) is 2. The number of carbonyl (C=O) groups excluding carboxylic acids is 3. The number of ether oxygens (including phenoxy) is 1. The van der Waals surface area contributed by atoms with Crippen LogP contribution in [0.1, 0.15) is 28.3 Å². The third-order valence-electron chi connectivity index (χ3n) is 5.46. The molecule has 3 atom stereocenters. The van der Waals surface area contributed by atoms with Gasteiger partial charge in [-0.2, -0.15) is 11.8 Å². The van der Waals surface area contributed by atoms with Gasteiger partial charge in [0.2, 0.25) is 5.91 Å². The Morgan fingerprint density at radius 3 is 2.34 bits per heavy atom. The second kappa shape index (κ2) is 11.8. The van der Waals surface area contributed by atoms with Gasteiger partial charge < -0.3 is 15.4 Å². The molecule has 2 amide bonds. The lowest BCUT2D eigenvalue weighted by atomic mass is 10.1. The summed E-state index contributed by atoms with van der Waals surface area (Å²) in [7, 11) is 1.25. The number of rotatable bonds is 9. The summed E-state index contributed by atoms with van der Waals surface area (Å²) >= 11 is 32.7. The van der Waals surface area contributed by atoms with E-state index in [1.807, 2.05) is 6.26 Å². The van der Waals surface area contributed by atoms with Gasteiger partial charge in [0, 0.05) is 21.7 Å². The molecular formula is C23H21Cl5N2O4S. The molecule has 0 radical (unpaired) electrons. The van der Waals surface area contributed by atoms with Gasteiger partial charge in [-0.1, -0.05) is 34.8 Å². The molecule has 188 valence electrons. The molecular weight excluding hydrogens is 578 g/mol. The van der Waals surface area contributed by atoms with Crippen molar-refractivity contribution in [1.29, 1.82) is 0 Å². The molecule has 0 saturated heterocycles. The van der Waals surface area contributed by atoms with Crippen molar-refractivity contribution in [3.63, 3.8) is 0 Å². The van der Waals surface area contributed by atoms with Crippen LogP contribution in [0.15, 0.2) is 36.4 Å². The van der Waals surface area contributed by atoms with Crippen molar-refractivity contribution in [2.24, 2.45) is 5.92 Å². The van der Waals surface area contributed by atoms with E-state index in [0.29, 0.717) is 33.5 Å². The molecule has 2 aromatic rings. The van der Waals surface area contributed by atoms with E-state index < -0.39 is 40.0 Å². The van der Waals surface area contributed by atoms with Crippen LogP contribution in [0.3, 0.4) is 0 Å². The molecule has 35 heavy (non-hydrogen) atoms. The van der Waals surface area contributed by atoms with Gasteiger partial charge in [-0.25, -0.2) is 4.79 Å². The molecule has 0 spiro atoms. The zero-order valence-corrected chi connectivity index (χ0v) is 23.1. The second-order valence-corrected chi connectivity index (χ2v) is 11.6. The molecule has 0 heterocycles. The number of hydrogen-bond acceptors (Lipinski definition) is 5. The first-order valence-corrected chi connectivity index (χ1v) is 13.6. The number of amides is 2. The largest absolute Gasteiger partial charge is 0.467 e. The van der Waals surface area contributed by atoms with Gasteiger partial charge in [0.25, 0.3) is 5.91 Å². The minimum atomic E-state index is -1.35. The summed E-state index contributed by atoms with van der Waals surface area (Å²) < 4.78 is 3.42. The highest BCUT2D eigenvalue weighted by atomic mass is 35.5. The lowest BCUT2D eigenvalue weighted by Crippen LogP contribution is -2.42. The number of carbonyl (C=O) groups is 3. The van der Waals surface area contributed by atoms with E-state index in [4.69, 9.17) is 62.7 Å². The van der Waals surface area contributed by atoms with Crippen LogP contribution in [0, 0.1) is 5.92 Å². The molecule has 1 aliphatic carbocycles. The number of anilines is 1. The molecule has 1 saturated carbocycles. The molecule has 1 aliphatic rings. The van der Waals surface area contributed by atoms with Crippen molar-refractivity contribution in [2.45, 2.75) is 22.7 Å². The van der Waals surface area contributed by atoms with Crippen molar-refractivity contribution in [3.05, 3.63) is 62.6 Å². The Morgan fingerprint density at radius 2 is 1.74 bits per heavy atom. The predicted molar refractivity (Wildman–Crippen MR) is 143 cm³/mol. The molecule has 6 nitrogen and oxygen atoms in total. The van der Waals surface area contributed by atoms with E-state index in [1.165, 1.54) is 31.0 Å². The maximum Gasteiger partial charge on any atom is 0.328 e. The summed E-state index contributed by atoms with van der Waals surface area (Å²) in [6.07, 6.45) is 2.28. The van der Waals surface area contributed by atoms with Gasteiger partial charge >= 0.3 is 5.97 Å². The van der Waals surface area contributed by atoms with Crippen LogP contribution >= 0.6 is 69.8 Å². The van der Waals surface area contributed by atoms with Crippen LogP contribution in [0.25, 0.3) is 0 Å². The van der Waals surface area contributed by atoms with Gasteiger partial charge in [-0.05, 0) is 60.4 Å². The van der Waals surface area contributed by atoms with Crippen LogP contribution < -0.4 is 10.6 Å². The predicted octanol–water partition coefficient (Wildman–Crippen LogP) is 6.20. The summed E-state index contributed by atoms with van der Waals surface area (Å²) in [4.78, 5) is 37.9. The average molecular weight is 599 g/mol. The fourth-order valence-corrected chi connectivity index (χ4v) is 5.73. The van der Waals surface area contributed by atoms with Crippen LogP contribution in [-0.2, 0) is 14.3 Å². The van der Waals surface area contributed by atoms with E-state index >= 15 is 0 Å². The molecule has 0 aromatic heterocycles. The fourth-order valence-electron chi connectivity index (χ4n) is 3.68. The molecule has 0 aliphatic heterocycles. The first-order chi connectivity index (χ1) is 16.5. The SMILES string of the molecule is COC(=O)C(CCSC)NC(=O)c1cc(NC(=O)C2C(c3cc(Cl)cc(Cl)c3)C2(Cl)Cl)ccc1Cl. The maximum absolute atomic E-state index is 13.0. The standard InChI is InChI=1S/C23H21Cl5N2O4S/c1-34-22(33)17(5-6-35-2)30-20(31)15-10-14(3-4-16(15)26)29-21(32)19-18(23(19,27)28)11-7-12(24)9-13(25)8-11/h3-4,7-10,17-19H,5-6H2,1-2H3,(H,29,32)(H,30,31). The van der Waals surface area contributed by atoms with Crippen molar-refractivity contribution >= 4 is 93.2 Å². The fraction of sp³-hybridized carbons (Fsp3) is 0.348. The molecule has 3 unspecified atom stereocenters. The zero-order valence-electron chi connectivity index (χ0n) is 18.5. The molecule has 3 rings (SSSR count). The molecule has 12 heteroatoms. The van der Waals surface area contributed by atoms with Gasteiger partial charge in [0.05, 0.1) is 23.6 Å². The number of esters is 1. The van der Waals surface area contributed by atoms with Crippen molar-refractivity contribution in [1.82, 2.24) is 5.32 Å². The van der Waals surface area contributed by atoms with E-state index in [2.05, 4.69) is 10.6 Å². The van der Waals surface area contributed by atoms with Gasteiger partial charge in [-0.15, -0.1) is 23.2 Å². The third-order valence-corrected chi connectivity index (χ3v) is 7.81. The quantitative estimate of drug-likeness (QED) is 0.265. The van der Waals surface area contributed by atoms with Crippen molar-refractivity contribution < 1.29 is 19.1 Å². The minimum absolute atomic E-state index is 0.0829. The Bertz CT molecular complexity index is 1130. The summed E-state index contributed by atoms with van der Waals surface area (Å²) in [5.41, 5.74) is 1.03. The van der Waals surface area contributed by atoms with E-state index in [0.717, 1.165) is 0 Å². The Balaban J connectivity index is 1.75. The summed E-state index contributed by atoms with van der Waals surface area (Å²) in [6.45, 7) is 0. The molecule has 2 N–H and O–H groups in total. The first-order valence-electron chi connectivity index (χ1n) is 10.3. The van der Waals surface area contributed by atoms with Crippen LogP contribution in [0.2, 0.25) is 15.1 Å². The van der Waals surface area contributed by atoms with Gasteiger partial charge in [-0.3, -0.25) is 9.59 Å². The van der Waals surface area contributed by atoms with E-state index in [-0.39, 0.29) is 10.6 Å². The highest BCUT2D eigenvalue weighted by Crippen LogP contribution is 2.65. The van der Waals surface area contributed by atoms with Crippen molar-refractivity contribution in [3.8, 4) is 0 Å². The number of benzene rings is 2. The Kier molecular flexibility index (Phi) is 9.51. The zero-order chi connectivity index (χ0) is 25.9. The van der Waals surface area contributed by atoms with E-state index in [9.17, 15) is 14.4 Å². The normalized spacial score (nSPS) is 18.9. The summed E-state index contributed by atoms with van der Waals surface area (Å²) in [5.74, 6) is -2.24. The monoisotopic (exact) mass is 596 g/mol. The number of thioether (sulfide) groups is 1. The van der Waals surface area contributed by atoms with Crippen LogP contribution in [0.5, 0.6) is 0 Å². The number of methoxy groups -OCH3 is 1. The lowest BCUT2D eigenvalue weighted by Gasteiger charge is -2.17. The number of halogens is 5. The van der Waals surface area contributed by atoms with E-state index in [1.54, 1.807) is 24.3 Å². The maximum atomic E-state index is 13.0. The molecule has 1 fully saturated rings. The lowest BCUT2D eigenvalue weighted by molar-refractivity contribution is -0.142. The number of nitrogens with one attached hydrogen (secondary N) is 2. The van der Waals surface area contributed by atoms with Crippen molar-refractivity contribution in [2.75, 3.05) is 24.4 Å². The smallest absolute Gasteiger partial charge is 0.328 e. The summed E-state index contributed by atoms with van der Waals surface area (Å²) in [6, 6.07) is 8.47. The third kappa shape index (κ3) is 6.70. The Morgan fingerprint density at radius 1 is 1.09 bits per heavy atom. The average Bonchev–Trinajstić information content (AvgIpc) is 3.38. The minimum Gasteiger partial charge on any atom is -0.467 e. The van der Waals surface area contributed by atoms with Gasteiger partial charge in [0.1, 0.15) is 10.4 Å². The molecule has 0 bridgehead atoms. The first kappa shape index (κ1) is 28.2. The van der Waals surface area contributed by atoms with Crippen LogP contribution in [-0.4, -0.2) is 47.3 Å².